The lowest BCUT2D eigenvalue weighted by Gasteiger charge is -2.20. The van der Waals surface area contributed by atoms with Crippen LogP contribution in [0.5, 0.6) is 5.75 Å². The number of rotatable bonds is 6. The first kappa shape index (κ1) is 18.5. The van der Waals surface area contributed by atoms with Crippen molar-refractivity contribution in [2.24, 2.45) is 11.7 Å². The van der Waals surface area contributed by atoms with Gasteiger partial charge in [-0.3, -0.25) is 9.59 Å². The third-order valence-corrected chi connectivity index (χ3v) is 4.08. The highest BCUT2D eigenvalue weighted by atomic mass is 16.5. The molecule has 6 heteroatoms. The Bertz CT molecular complexity index is 747. The van der Waals surface area contributed by atoms with Crippen LogP contribution in [0.15, 0.2) is 48.5 Å². The first-order valence-electron chi connectivity index (χ1n) is 7.99. The molecule has 2 aromatic rings. The second kappa shape index (κ2) is 8.30. The first-order valence-corrected chi connectivity index (χ1v) is 7.99. The number of methoxy groups -OCH3 is 1. The van der Waals surface area contributed by atoms with Gasteiger partial charge in [-0.25, -0.2) is 0 Å². The predicted molar refractivity (Wildman–Crippen MR) is 97.5 cm³/mol. The Morgan fingerprint density at radius 1 is 1.12 bits per heavy atom. The molecule has 0 aromatic heterocycles. The number of nitrogens with one attached hydrogen (secondary N) is 2. The molecule has 0 saturated carbocycles. The minimum atomic E-state index is -0.462. The van der Waals surface area contributed by atoms with Crippen molar-refractivity contribution in [3.8, 4) is 5.75 Å². The maximum Gasteiger partial charge on any atom is 0.251 e. The molecule has 132 valence electrons. The highest BCUT2D eigenvalue weighted by molar-refractivity contribution is 5.99. The summed E-state index contributed by atoms with van der Waals surface area (Å²) in [6.45, 7) is 1.77. The van der Waals surface area contributed by atoms with E-state index in [1.165, 1.54) is 7.11 Å². The average Bonchev–Trinajstić information content (AvgIpc) is 2.66. The molecule has 0 fully saturated rings. The predicted octanol–water partition coefficient (Wildman–Crippen LogP) is 2.33. The summed E-state index contributed by atoms with van der Waals surface area (Å²) in [4.78, 5) is 24.4. The number of hydrogen-bond acceptors (Lipinski definition) is 4. The lowest BCUT2D eigenvalue weighted by atomic mass is 9.94. The molecule has 2 unspecified atom stereocenters. The van der Waals surface area contributed by atoms with E-state index in [1.807, 2.05) is 30.3 Å². The Balaban J connectivity index is 2.20. The maximum absolute atomic E-state index is 12.6. The molecule has 4 N–H and O–H groups in total. The standard InChI is InChI=1S/C19H23N3O3/c1-12(17(20)13-7-5-4-6-8-13)18(23)22-15-11-14(19(24)21-2)9-10-16(15)25-3/h4-12,17H,20H2,1-3H3,(H,21,24)(H,22,23). The Morgan fingerprint density at radius 2 is 1.80 bits per heavy atom. The number of amides is 2. The van der Waals surface area contributed by atoms with Crippen molar-refractivity contribution in [2.75, 3.05) is 19.5 Å². The van der Waals surface area contributed by atoms with Gasteiger partial charge in [-0.1, -0.05) is 37.3 Å². The molecule has 0 saturated heterocycles. The number of ether oxygens (including phenoxy) is 1. The number of carbonyl (C=O) groups is 2. The molecular formula is C19H23N3O3. The van der Waals surface area contributed by atoms with E-state index in [4.69, 9.17) is 10.5 Å². The van der Waals surface area contributed by atoms with E-state index in [9.17, 15) is 9.59 Å². The van der Waals surface area contributed by atoms with Crippen LogP contribution in [-0.2, 0) is 4.79 Å². The van der Waals surface area contributed by atoms with Crippen LogP contribution in [0.2, 0.25) is 0 Å². The zero-order chi connectivity index (χ0) is 18.4. The minimum Gasteiger partial charge on any atom is -0.495 e. The third-order valence-electron chi connectivity index (χ3n) is 4.08. The first-order chi connectivity index (χ1) is 12.0. The van der Waals surface area contributed by atoms with Gasteiger partial charge < -0.3 is 21.1 Å². The molecule has 0 bridgehead atoms. The van der Waals surface area contributed by atoms with Gasteiger partial charge >= 0.3 is 0 Å². The van der Waals surface area contributed by atoms with Crippen molar-refractivity contribution in [2.45, 2.75) is 13.0 Å². The van der Waals surface area contributed by atoms with E-state index in [2.05, 4.69) is 10.6 Å². The summed E-state index contributed by atoms with van der Waals surface area (Å²) in [6.07, 6.45) is 0. The second-order valence-corrected chi connectivity index (χ2v) is 5.71. The maximum atomic E-state index is 12.6. The van der Waals surface area contributed by atoms with E-state index < -0.39 is 12.0 Å². The van der Waals surface area contributed by atoms with Gasteiger partial charge in [0, 0.05) is 18.7 Å². The average molecular weight is 341 g/mol. The number of anilines is 1. The smallest absolute Gasteiger partial charge is 0.251 e. The number of hydrogen-bond donors (Lipinski definition) is 3. The molecule has 25 heavy (non-hydrogen) atoms. The van der Waals surface area contributed by atoms with E-state index in [0.29, 0.717) is 17.0 Å². The molecule has 0 spiro atoms. The van der Waals surface area contributed by atoms with Crippen LogP contribution in [-0.4, -0.2) is 26.0 Å². The van der Waals surface area contributed by atoms with Gasteiger partial charge in [-0.15, -0.1) is 0 Å². The largest absolute Gasteiger partial charge is 0.495 e. The van der Waals surface area contributed by atoms with Crippen molar-refractivity contribution in [3.05, 3.63) is 59.7 Å². The highest BCUT2D eigenvalue weighted by Gasteiger charge is 2.23. The normalized spacial score (nSPS) is 12.8. The molecule has 0 heterocycles. The van der Waals surface area contributed by atoms with Crippen molar-refractivity contribution < 1.29 is 14.3 Å². The van der Waals surface area contributed by atoms with Crippen molar-refractivity contribution >= 4 is 17.5 Å². The van der Waals surface area contributed by atoms with Gasteiger partial charge in [-0.2, -0.15) is 0 Å². The lowest BCUT2D eigenvalue weighted by molar-refractivity contribution is -0.120. The lowest BCUT2D eigenvalue weighted by Crippen LogP contribution is -2.30. The Morgan fingerprint density at radius 3 is 2.40 bits per heavy atom. The summed E-state index contributed by atoms with van der Waals surface area (Å²) in [5.41, 5.74) is 7.95. The van der Waals surface area contributed by atoms with Gasteiger partial charge in [0.1, 0.15) is 5.75 Å². The molecule has 0 radical (unpaired) electrons. The fourth-order valence-electron chi connectivity index (χ4n) is 2.46. The topological polar surface area (TPSA) is 93.5 Å². The molecule has 2 aromatic carbocycles. The molecule has 0 aliphatic heterocycles. The number of carbonyl (C=O) groups excluding carboxylic acids is 2. The van der Waals surface area contributed by atoms with Gasteiger partial charge in [0.15, 0.2) is 0 Å². The third kappa shape index (κ3) is 4.36. The van der Waals surface area contributed by atoms with Crippen LogP contribution < -0.4 is 21.1 Å². The van der Waals surface area contributed by atoms with Crippen LogP contribution in [0.25, 0.3) is 0 Å². The Labute approximate surface area is 147 Å². The molecule has 2 amide bonds. The van der Waals surface area contributed by atoms with Gasteiger partial charge in [0.05, 0.1) is 18.7 Å². The van der Waals surface area contributed by atoms with Crippen LogP contribution in [0.1, 0.15) is 28.9 Å². The fourth-order valence-corrected chi connectivity index (χ4v) is 2.46. The fraction of sp³-hybridized carbons (Fsp3) is 0.263. The SMILES string of the molecule is CNC(=O)c1ccc(OC)c(NC(=O)C(C)C(N)c2ccccc2)c1. The zero-order valence-corrected chi connectivity index (χ0v) is 14.6. The summed E-state index contributed by atoms with van der Waals surface area (Å²) < 4.78 is 5.26. The van der Waals surface area contributed by atoms with E-state index in [-0.39, 0.29) is 11.8 Å². The Kier molecular flexibility index (Phi) is 6.14. The summed E-state index contributed by atoms with van der Waals surface area (Å²) >= 11 is 0. The quantitative estimate of drug-likeness (QED) is 0.752. The van der Waals surface area contributed by atoms with Crippen molar-refractivity contribution in [3.63, 3.8) is 0 Å². The van der Waals surface area contributed by atoms with Gasteiger partial charge in [0.2, 0.25) is 5.91 Å². The molecule has 2 rings (SSSR count). The van der Waals surface area contributed by atoms with Gasteiger partial charge in [0.25, 0.3) is 5.91 Å². The summed E-state index contributed by atoms with van der Waals surface area (Å²) in [5, 5.41) is 5.36. The molecule has 0 aliphatic carbocycles. The van der Waals surface area contributed by atoms with E-state index in [1.54, 1.807) is 32.2 Å². The summed E-state index contributed by atoms with van der Waals surface area (Å²) in [5.74, 6) is -0.479. The van der Waals surface area contributed by atoms with Crippen molar-refractivity contribution in [1.82, 2.24) is 5.32 Å². The highest BCUT2D eigenvalue weighted by Crippen LogP contribution is 2.27. The molecule has 6 nitrogen and oxygen atoms in total. The molecule has 0 aliphatic rings. The zero-order valence-electron chi connectivity index (χ0n) is 14.6. The second-order valence-electron chi connectivity index (χ2n) is 5.71. The molecular weight excluding hydrogens is 318 g/mol. The van der Waals surface area contributed by atoms with Crippen LogP contribution in [0.4, 0.5) is 5.69 Å². The van der Waals surface area contributed by atoms with Crippen molar-refractivity contribution in [1.29, 1.82) is 0 Å². The van der Waals surface area contributed by atoms with Crippen LogP contribution in [0, 0.1) is 5.92 Å². The van der Waals surface area contributed by atoms with Crippen LogP contribution >= 0.6 is 0 Å². The summed E-state index contributed by atoms with van der Waals surface area (Å²) in [7, 11) is 3.05. The Hall–Kier alpha value is -2.86. The van der Waals surface area contributed by atoms with E-state index >= 15 is 0 Å². The van der Waals surface area contributed by atoms with E-state index in [0.717, 1.165) is 5.56 Å². The molecule has 2 atom stereocenters. The number of nitrogens with two attached hydrogens (primary N) is 1. The minimum absolute atomic E-state index is 0.243. The van der Waals surface area contributed by atoms with Gasteiger partial charge in [-0.05, 0) is 23.8 Å². The monoisotopic (exact) mass is 341 g/mol. The van der Waals surface area contributed by atoms with Crippen LogP contribution in [0.3, 0.4) is 0 Å². The number of benzene rings is 2. The summed E-state index contributed by atoms with van der Waals surface area (Å²) in [6, 6.07) is 13.9.